The molecular formula is C11H16O2. The Hall–Kier alpha value is -1.18. The van der Waals surface area contributed by atoms with Crippen LogP contribution >= 0.6 is 0 Å². The van der Waals surface area contributed by atoms with Gasteiger partial charge in [0.15, 0.2) is 0 Å². The van der Waals surface area contributed by atoms with Gasteiger partial charge >= 0.3 is 0 Å². The van der Waals surface area contributed by atoms with Crippen LogP contribution in [0.3, 0.4) is 0 Å². The maximum atomic E-state index is 9.65. The summed E-state index contributed by atoms with van der Waals surface area (Å²) in [7, 11) is 1.63. The van der Waals surface area contributed by atoms with Crippen LogP contribution in [0.15, 0.2) is 12.1 Å². The summed E-state index contributed by atoms with van der Waals surface area (Å²) in [5.74, 6) is 1.14. The van der Waals surface area contributed by atoms with Crippen LogP contribution in [-0.4, -0.2) is 12.2 Å². The first-order valence-electron chi connectivity index (χ1n) is 4.61. The molecule has 0 aliphatic rings. The molecule has 0 unspecified atom stereocenters. The van der Waals surface area contributed by atoms with Gasteiger partial charge in [-0.15, -0.1) is 0 Å². The Balaban J connectivity index is 3.20. The molecule has 0 heterocycles. The van der Waals surface area contributed by atoms with Gasteiger partial charge in [0.25, 0.3) is 0 Å². The fraction of sp³-hybridized carbons (Fsp3) is 0.455. The van der Waals surface area contributed by atoms with Gasteiger partial charge in [0, 0.05) is 5.56 Å². The van der Waals surface area contributed by atoms with E-state index >= 15 is 0 Å². The van der Waals surface area contributed by atoms with E-state index < -0.39 is 0 Å². The molecule has 0 bridgehead atoms. The molecule has 1 N–H and O–H groups in total. The van der Waals surface area contributed by atoms with Crippen molar-refractivity contribution in [2.45, 2.75) is 26.7 Å². The molecule has 0 saturated heterocycles. The summed E-state index contributed by atoms with van der Waals surface area (Å²) in [5.41, 5.74) is 1.99. The second-order valence-corrected chi connectivity index (χ2v) is 3.00. The SMILES string of the molecule is CCc1cc(O)c(CC)c(OC)c1. The smallest absolute Gasteiger partial charge is 0.126 e. The maximum Gasteiger partial charge on any atom is 0.126 e. The lowest BCUT2D eigenvalue weighted by Gasteiger charge is -2.10. The van der Waals surface area contributed by atoms with Crippen molar-refractivity contribution in [3.05, 3.63) is 23.3 Å². The summed E-state index contributed by atoms with van der Waals surface area (Å²) in [6.45, 7) is 4.06. The van der Waals surface area contributed by atoms with E-state index in [2.05, 4.69) is 6.92 Å². The topological polar surface area (TPSA) is 29.5 Å². The minimum absolute atomic E-state index is 0.346. The molecule has 13 heavy (non-hydrogen) atoms. The fourth-order valence-electron chi connectivity index (χ4n) is 1.43. The number of phenolic OH excluding ortho intramolecular Hbond substituents is 1. The molecular weight excluding hydrogens is 164 g/mol. The standard InChI is InChI=1S/C11H16O2/c1-4-8-6-10(12)9(5-2)11(7-8)13-3/h6-7,12H,4-5H2,1-3H3. The summed E-state index contributed by atoms with van der Waals surface area (Å²) >= 11 is 0. The van der Waals surface area contributed by atoms with Gasteiger partial charge in [-0.3, -0.25) is 0 Å². The molecule has 2 nitrogen and oxygen atoms in total. The predicted molar refractivity (Wildman–Crippen MR) is 53.4 cm³/mol. The molecule has 0 saturated carbocycles. The van der Waals surface area contributed by atoms with Gasteiger partial charge in [0.1, 0.15) is 11.5 Å². The van der Waals surface area contributed by atoms with Crippen LogP contribution in [-0.2, 0) is 12.8 Å². The van der Waals surface area contributed by atoms with Crippen LogP contribution in [0.2, 0.25) is 0 Å². The molecule has 0 spiro atoms. The van der Waals surface area contributed by atoms with Gasteiger partial charge in [0.2, 0.25) is 0 Å². The number of ether oxygens (including phenoxy) is 1. The van der Waals surface area contributed by atoms with E-state index in [1.54, 1.807) is 13.2 Å². The number of hydrogen-bond acceptors (Lipinski definition) is 2. The van der Waals surface area contributed by atoms with Crippen molar-refractivity contribution in [3.63, 3.8) is 0 Å². The quantitative estimate of drug-likeness (QED) is 0.774. The average Bonchev–Trinajstić information content (AvgIpc) is 2.16. The average molecular weight is 180 g/mol. The highest BCUT2D eigenvalue weighted by atomic mass is 16.5. The number of benzene rings is 1. The van der Waals surface area contributed by atoms with Crippen LogP contribution < -0.4 is 4.74 Å². The van der Waals surface area contributed by atoms with Crippen molar-refractivity contribution in [1.29, 1.82) is 0 Å². The molecule has 0 radical (unpaired) electrons. The van der Waals surface area contributed by atoms with E-state index in [1.807, 2.05) is 13.0 Å². The highest BCUT2D eigenvalue weighted by Crippen LogP contribution is 2.30. The first-order chi connectivity index (χ1) is 6.22. The molecule has 1 rings (SSSR count). The van der Waals surface area contributed by atoms with E-state index in [0.717, 1.165) is 29.7 Å². The zero-order valence-electron chi connectivity index (χ0n) is 8.42. The molecule has 0 atom stereocenters. The van der Waals surface area contributed by atoms with Crippen molar-refractivity contribution in [2.24, 2.45) is 0 Å². The van der Waals surface area contributed by atoms with Gasteiger partial charge in [0.05, 0.1) is 7.11 Å². The first kappa shape index (κ1) is 9.90. The summed E-state index contributed by atoms with van der Waals surface area (Å²) in [4.78, 5) is 0. The van der Waals surface area contributed by atoms with Crippen LogP contribution in [0.4, 0.5) is 0 Å². The zero-order valence-corrected chi connectivity index (χ0v) is 8.42. The molecule has 0 amide bonds. The van der Waals surface area contributed by atoms with Gasteiger partial charge in [-0.1, -0.05) is 13.8 Å². The van der Waals surface area contributed by atoms with Crippen molar-refractivity contribution in [3.8, 4) is 11.5 Å². The molecule has 2 heteroatoms. The van der Waals surface area contributed by atoms with Crippen LogP contribution in [0, 0.1) is 0 Å². The van der Waals surface area contributed by atoms with Crippen molar-refractivity contribution in [2.75, 3.05) is 7.11 Å². The van der Waals surface area contributed by atoms with E-state index in [-0.39, 0.29) is 0 Å². The fourth-order valence-corrected chi connectivity index (χ4v) is 1.43. The molecule has 0 fully saturated rings. The molecule has 1 aromatic carbocycles. The summed E-state index contributed by atoms with van der Waals surface area (Å²) in [6, 6.07) is 3.79. The lowest BCUT2D eigenvalue weighted by atomic mass is 10.1. The van der Waals surface area contributed by atoms with E-state index in [4.69, 9.17) is 4.74 Å². The molecule has 0 aromatic heterocycles. The van der Waals surface area contributed by atoms with Crippen LogP contribution in [0.5, 0.6) is 11.5 Å². The normalized spacial score (nSPS) is 10.1. The van der Waals surface area contributed by atoms with Crippen molar-refractivity contribution < 1.29 is 9.84 Å². The third-order valence-electron chi connectivity index (χ3n) is 2.23. The molecule has 72 valence electrons. The monoisotopic (exact) mass is 180 g/mol. The van der Waals surface area contributed by atoms with Gasteiger partial charge < -0.3 is 9.84 Å². The summed E-state index contributed by atoms with van der Waals surface area (Å²) in [5, 5.41) is 9.65. The van der Waals surface area contributed by atoms with E-state index in [9.17, 15) is 5.11 Å². The minimum atomic E-state index is 0.346. The molecule has 1 aromatic rings. The second kappa shape index (κ2) is 4.17. The Morgan fingerprint density at radius 1 is 1.23 bits per heavy atom. The number of methoxy groups -OCH3 is 1. The second-order valence-electron chi connectivity index (χ2n) is 3.00. The lowest BCUT2D eigenvalue weighted by Crippen LogP contribution is -1.93. The van der Waals surface area contributed by atoms with Gasteiger partial charge in [-0.25, -0.2) is 0 Å². The zero-order chi connectivity index (χ0) is 9.84. The van der Waals surface area contributed by atoms with E-state index in [1.165, 1.54) is 0 Å². The third kappa shape index (κ3) is 1.94. The minimum Gasteiger partial charge on any atom is -0.508 e. The summed E-state index contributed by atoms with van der Waals surface area (Å²) in [6.07, 6.45) is 1.70. The maximum absolute atomic E-state index is 9.65. The Morgan fingerprint density at radius 2 is 1.92 bits per heavy atom. The van der Waals surface area contributed by atoms with Crippen LogP contribution in [0.1, 0.15) is 25.0 Å². The van der Waals surface area contributed by atoms with Gasteiger partial charge in [-0.05, 0) is 30.5 Å². The number of phenols is 1. The number of hydrogen-bond donors (Lipinski definition) is 1. The largest absolute Gasteiger partial charge is 0.508 e. The highest BCUT2D eigenvalue weighted by molar-refractivity contribution is 5.47. The van der Waals surface area contributed by atoms with Crippen molar-refractivity contribution >= 4 is 0 Å². The van der Waals surface area contributed by atoms with Crippen molar-refractivity contribution in [1.82, 2.24) is 0 Å². The number of rotatable bonds is 3. The number of aromatic hydroxyl groups is 1. The third-order valence-corrected chi connectivity index (χ3v) is 2.23. The Labute approximate surface area is 79.2 Å². The van der Waals surface area contributed by atoms with Crippen LogP contribution in [0.25, 0.3) is 0 Å². The van der Waals surface area contributed by atoms with Gasteiger partial charge in [-0.2, -0.15) is 0 Å². The molecule has 0 aliphatic heterocycles. The van der Waals surface area contributed by atoms with E-state index in [0.29, 0.717) is 5.75 Å². The Bertz CT molecular complexity index is 292. The number of aryl methyl sites for hydroxylation is 1. The lowest BCUT2D eigenvalue weighted by molar-refractivity contribution is 0.399. The summed E-state index contributed by atoms with van der Waals surface area (Å²) < 4.78 is 5.20. The molecule has 0 aliphatic carbocycles. The highest BCUT2D eigenvalue weighted by Gasteiger charge is 2.07. The Morgan fingerprint density at radius 3 is 2.38 bits per heavy atom. The first-order valence-corrected chi connectivity index (χ1v) is 4.61. The predicted octanol–water partition coefficient (Wildman–Crippen LogP) is 2.53. The Kier molecular flexibility index (Phi) is 3.18.